The average Bonchev–Trinajstić information content (AvgIpc) is 3.06. The zero-order valence-corrected chi connectivity index (χ0v) is 17.3. The molecule has 2 aromatic rings. The molecule has 0 aliphatic carbocycles. The molecule has 0 spiro atoms. The number of aliphatic hydroxyl groups is 1. The van der Waals surface area contributed by atoms with Gasteiger partial charge in [-0.15, -0.1) is 24.0 Å². The number of guanidine groups is 1. The van der Waals surface area contributed by atoms with Crippen molar-refractivity contribution < 1.29 is 9.63 Å². The van der Waals surface area contributed by atoms with Crippen molar-refractivity contribution in [3.8, 4) is 0 Å². The fourth-order valence-corrected chi connectivity index (χ4v) is 2.25. The molecule has 0 aliphatic heterocycles. The Labute approximate surface area is 166 Å². The van der Waals surface area contributed by atoms with E-state index < -0.39 is 5.60 Å². The first-order valence-electron chi connectivity index (χ1n) is 8.29. The van der Waals surface area contributed by atoms with Crippen LogP contribution in [0.2, 0.25) is 0 Å². The molecular formula is C18H27IN4O2. The second-order valence-corrected chi connectivity index (χ2v) is 5.83. The Hall–Kier alpha value is -1.61. The summed E-state index contributed by atoms with van der Waals surface area (Å²) >= 11 is 0. The second-order valence-electron chi connectivity index (χ2n) is 5.83. The summed E-state index contributed by atoms with van der Waals surface area (Å²) in [4.78, 5) is 4.48. The number of aryl methyl sites for hydroxylation is 1. The van der Waals surface area contributed by atoms with E-state index in [1.54, 1.807) is 6.92 Å². The third kappa shape index (κ3) is 6.66. The summed E-state index contributed by atoms with van der Waals surface area (Å²) in [7, 11) is 0. The van der Waals surface area contributed by atoms with E-state index in [2.05, 4.69) is 20.8 Å². The number of hydrogen-bond donors (Lipinski definition) is 3. The summed E-state index contributed by atoms with van der Waals surface area (Å²) in [6.07, 6.45) is 0.839. The maximum atomic E-state index is 10.6. The Morgan fingerprint density at radius 1 is 1.24 bits per heavy atom. The lowest BCUT2D eigenvalue weighted by Crippen LogP contribution is -2.44. The van der Waals surface area contributed by atoms with Crippen LogP contribution in [-0.2, 0) is 18.6 Å². The quantitative estimate of drug-likeness (QED) is 0.338. The van der Waals surface area contributed by atoms with Crippen molar-refractivity contribution >= 4 is 29.9 Å². The van der Waals surface area contributed by atoms with Gasteiger partial charge in [0.1, 0.15) is 12.1 Å². The SMILES string of the molecule is CCNC(=NCc1cc(CC)no1)NCC(C)(O)c1ccccc1.I. The molecular weight excluding hydrogens is 431 g/mol. The van der Waals surface area contributed by atoms with E-state index in [-0.39, 0.29) is 24.0 Å². The summed E-state index contributed by atoms with van der Waals surface area (Å²) in [5.41, 5.74) is 0.792. The molecule has 1 unspecified atom stereocenters. The van der Waals surface area contributed by atoms with Gasteiger partial charge in [-0.05, 0) is 25.8 Å². The molecule has 0 saturated heterocycles. The van der Waals surface area contributed by atoms with Gasteiger partial charge in [0.2, 0.25) is 0 Å². The monoisotopic (exact) mass is 458 g/mol. The van der Waals surface area contributed by atoms with Gasteiger partial charge in [-0.25, -0.2) is 4.99 Å². The number of nitrogens with zero attached hydrogens (tertiary/aromatic N) is 2. The van der Waals surface area contributed by atoms with Crippen LogP contribution < -0.4 is 10.6 Å². The minimum atomic E-state index is -0.987. The molecule has 1 aromatic carbocycles. The molecule has 0 aliphatic rings. The number of hydrogen-bond acceptors (Lipinski definition) is 4. The topological polar surface area (TPSA) is 82.7 Å². The van der Waals surface area contributed by atoms with E-state index in [1.165, 1.54) is 0 Å². The van der Waals surface area contributed by atoms with Crippen molar-refractivity contribution in [2.24, 2.45) is 4.99 Å². The van der Waals surface area contributed by atoms with Gasteiger partial charge in [-0.1, -0.05) is 42.4 Å². The molecule has 1 heterocycles. The van der Waals surface area contributed by atoms with Crippen LogP contribution in [0.15, 0.2) is 45.9 Å². The van der Waals surface area contributed by atoms with Crippen molar-refractivity contribution in [2.45, 2.75) is 39.3 Å². The predicted molar refractivity (Wildman–Crippen MR) is 110 cm³/mol. The summed E-state index contributed by atoms with van der Waals surface area (Å²) in [6.45, 7) is 7.28. The Morgan fingerprint density at radius 3 is 2.56 bits per heavy atom. The predicted octanol–water partition coefficient (Wildman–Crippen LogP) is 2.82. The number of aromatic nitrogens is 1. The van der Waals surface area contributed by atoms with Gasteiger partial charge < -0.3 is 20.3 Å². The molecule has 2 rings (SSSR count). The lowest BCUT2D eigenvalue weighted by molar-refractivity contribution is 0.0617. The summed E-state index contributed by atoms with van der Waals surface area (Å²) < 4.78 is 5.24. The summed E-state index contributed by atoms with van der Waals surface area (Å²) in [6, 6.07) is 11.5. The highest BCUT2D eigenvalue weighted by atomic mass is 127. The van der Waals surface area contributed by atoms with Gasteiger partial charge >= 0.3 is 0 Å². The van der Waals surface area contributed by atoms with E-state index in [0.29, 0.717) is 19.0 Å². The van der Waals surface area contributed by atoms with E-state index in [4.69, 9.17) is 4.52 Å². The largest absolute Gasteiger partial charge is 0.384 e. The minimum Gasteiger partial charge on any atom is -0.384 e. The molecule has 1 aromatic heterocycles. The third-order valence-corrected chi connectivity index (χ3v) is 3.70. The zero-order valence-electron chi connectivity index (χ0n) is 15.0. The molecule has 0 radical (unpaired) electrons. The van der Waals surface area contributed by atoms with Crippen LogP contribution in [0.3, 0.4) is 0 Å². The second kappa shape index (κ2) is 10.4. The van der Waals surface area contributed by atoms with Crippen LogP contribution >= 0.6 is 24.0 Å². The first-order valence-corrected chi connectivity index (χ1v) is 8.29. The van der Waals surface area contributed by atoms with E-state index >= 15 is 0 Å². The lowest BCUT2D eigenvalue weighted by atomic mass is 9.96. The van der Waals surface area contributed by atoms with E-state index in [0.717, 1.165) is 30.0 Å². The first-order chi connectivity index (χ1) is 11.5. The Balaban J connectivity index is 0.00000312. The minimum absolute atomic E-state index is 0. The molecule has 0 amide bonds. The van der Waals surface area contributed by atoms with E-state index in [9.17, 15) is 5.11 Å². The van der Waals surface area contributed by atoms with Crippen molar-refractivity contribution in [1.29, 1.82) is 0 Å². The molecule has 6 nitrogen and oxygen atoms in total. The standard InChI is InChI=1S/C18H26N4O2.HI/c1-4-15-11-16(24-22-15)12-20-17(19-5-2)21-13-18(3,23)14-9-7-6-8-10-14;/h6-11,23H,4-5,12-13H2,1-3H3,(H2,19,20,21);1H. The number of benzene rings is 1. The molecule has 25 heavy (non-hydrogen) atoms. The Kier molecular flexibility index (Phi) is 8.91. The molecule has 0 saturated carbocycles. The number of halogens is 1. The smallest absolute Gasteiger partial charge is 0.191 e. The van der Waals surface area contributed by atoms with Crippen LogP contribution in [0.25, 0.3) is 0 Å². The molecule has 138 valence electrons. The van der Waals surface area contributed by atoms with Gasteiger partial charge in [0.05, 0.1) is 12.2 Å². The van der Waals surface area contributed by atoms with Crippen molar-refractivity contribution in [3.05, 3.63) is 53.4 Å². The van der Waals surface area contributed by atoms with Crippen LogP contribution in [0.5, 0.6) is 0 Å². The molecule has 0 bridgehead atoms. The Morgan fingerprint density at radius 2 is 1.96 bits per heavy atom. The van der Waals surface area contributed by atoms with Crippen LogP contribution in [0.4, 0.5) is 0 Å². The molecule has 3 N–H and O–H groups in total. The van der Waals surface area contributed by atoms with Gasteiger partial charge in [0.25, 0.3) is 0 Å². The lowest BCUT2D eigenvalue weighted by Gasteiger charge is -2.25. The third-order valence-electron chi connectivity index (χ3n) is 3.70. The summed E-state index contributed by atoms with van der Waals surface area (Å²) in [5.74, 6) is 1.35. The van der Waals surface area contributed by atoms with Crippen molar-refractivity contribution in [1.82, 2.24) is 15.8 Å². The normalized spacial score (nSPS) is 13.7. The fraction of sp³-hybridized carbons (Fsp3) is 0.444. The van der Waals surface area contributed by atoms with Gasteiger partial charge in [-0.2, -0.15) is 0 Å². The number of nitrogens with one attached hydrogen (secondary N) is 2. The van der Waals surface area contributed by atoms with Gasteiger partial charge in [-0.3, -0.25) is 0 Å². The number of rotatable bonds is 7. The van der Waals surface area contributed by atoms with Crippen molar-refractivity contribution in [2.75, 3.05) is 13.1 Å². The first kappa shape index (κ1) is 21.4. The highest BCUT2D eigenvalue weighted by molar-refractivity contribution is 14.0. The van der Waals surface area contributed by atoms with Crippen molar-refractivity contribution in [3.63, 3.8) is 0 Å². The van der Waals surface area contributed by atoms with Gasteiger partial charge in [0.15, 0.2) is 11.7 Å². The highest BCUT2D eigenvalue weighted by Gasteiger charge is 2.22. The molecule has 7 heteroatoms. The van der Waals surface area contributed by atoms with Crippen LogP contribution in [0, 0.1) is 0 Å². The van der Waals surface area contributed by atoms with Crippen LogP contribution in [0.1, 0.15) is 37.8 Å². The molecule has 0 fully saturated rings. The zero-order chi connectivity index (χ0) is 17.4. The fourth-order valence-electron chi connectivity index (χ4n) is 2.25. The highest BCUT2D eigenvalue weighted by Crippen LogP contribution is 2.18. The van der Waals surface area contributed by atoms with Crippen LogP contribution in [-0.4, -0.2) is 29.3 Å². The molecule has 1 atom stereocenters. The number of aliphatic imine (C=N–C) groups is 1. The van der Waals surface area contributed by atoms with Gasteiger partial charge in [0, 0.05) is 12.6 Å². The average molecular weight is 458 g/mol. The van der Waals surface area contributed by atoms with E-state index in [1.807, 2.05) is 50.2 Å². The maximum absolute atomic E-state index is 10.6. The maximum Gasteiger partial charge on any atom is 0.191 e. The Bertz CT molecular complexity index is 656. The summed E-state index contributed by atoms with van der Waals surface area (Å²) in [5, 5.41) is 20.9.